The number of aromatic amines is 1. The topological polar surface area (TPSA) is 149 Å². The molecule has 0 saturated heterocycles. The molecule has 0 atom stereocenters. The zero-order valence-corrected chi connectivity index (χ0v) is 18.9. The van der Waals surface area contributed by atoms with Gasteiger partial charge in [-0.1, -0.05) is 0 Å². The maximum atomic E-state index is 12.4. The molecule has 2 rings (SSSR count). The van der Waals surface area contributed by atoms with E-state index in [0.717, 1.165) is 0 Å². The molecular formula is C19H26N4O7S. The summed E-state index contributed by atoms with van der Waals surface area (Å²) in [6, 6.07) is 0. The number of esters is 2. The number of nitrogens with zero attached hydrogens (tertiary/aromatic N) is 2. The number of aryl methyl sites for hydroxylation is 3. The van der Waals surface area contributed by atoms with Gasteiger partial charge in [0.2, 0.25) is 5.78 Å². The van der Waals surface area contributed by atoms with E-state index in [9.17, 15) is 22.8 Å². The number of hydrogen-bond donors (Lipinski definition) is 2. The minimum absolute atomic E-state index is 0.147. The maximum Gasteiger partial charge on any atom is 0.340 e. The normalized spacial score (nSPS) is 11.4. The van der Waals surface area contributed by atoms with Crippen molar-refractivity contribution in [2.45, 2.75) is 39.1 Å². The molecule has 170 valence electrons. The average molecular weight is 455 g/mol. The van der Waals surface area contributed by atoms with Gasteiger partial charge in [-0.05, 0) is 33.3 Å². The van der Waals surface area contributed by atoms with Crippen molar-refractivity contribution in [2.24, 2.45) is 7.05 Å². The number of hydrogen-bond acceptors (Lipinski definition) is 8. The standard InChI is InChI=1S/C19H26N4O7S/c1-6-29-19(26)17-11(2)18(21-12(17)3)14(24)10-30-16(25)7-8-20-31(27,28)15-9-23(5)13(4)22-15/h9,20-21H,6-8,10H2,1-5H3. The third kappa shape index (κ3) is 5.79. The molecule has 0 saturated carbocycles. The lowest BCUT2D eigenvalue weighted by Crippen LogP contribution is -2.27. The fourth-order valence-corrected chi connectivity index (χ4v) is 3.91. The van der Waals surface area contributed by atoms with Gasteiger partial charge in [-0.15, -0.1) is 0 Å². The minimum Gasteiger partial charge on any atom is -0.462 e. The summed E-state index contributed by atoms with van der Waals surface area (Å²) in [6.07, 6.45) is 1.09. The highest BCUT2D eigenvalue weighted by Gasteiger charge is 2.24. The SMILES string of the molecule is CCOC(=O)c1c(C)[nH]c(C(=O)COC(=O)CCNS(=O)(=O)c2cn(C)c(C)n2)c1C. The van der Waals surface area contributed by atoms with E-state index in [-0.39, 0.29) is 35.9 Å². The number of rotatable bonds is 10. The van der Waals surface area contributed by atoms with Crippen LogP contribution in [0.3, 0.4) is 0 Å². The molecule has 0 aliphatic carbocycles. The molecular weight excluding hydrogens is 428 g/mol. The van der Waals surface area contributed by atoms with Crippen LogP contribution in [0.1, 0.15) is 51.3 Å². The van der Waals surface area contributed by atoms with E-state index in [2.05, 4.69) is 14.7 Å². The molecule has 2 aromatic rings. The van der Waals surface area contributed by atoms with E-state index in [1.54, 1.807) is 39.3 Å². The number of imidazole rings is 1. The number of carbonyl (C=O) groups is 3. The van der Waals surface area contributed by atoms with Crippen LogP contribution in [0.2, 0.25) is 0 Å². The van der Waals surface area contributed by atoms with Crippen LogP contribution >= 0.6 is 0 Å². The van der Waals surface area contributed by atoms with Gasteiger partial charge in [0.25, 0.3) is 10.0 Å². The second-order valence-corrected chi connectivity index (χ2v) is 8.53. The summed E-state index contributed by atoms with van der Waals surface area (Å²) in [7, 11) is -2.19. The molecule has 2 aromatic heterocycles. The van der Waals surface area contributed by atoms with Gasteiger partial charge in [0.15, 0.2) is 11.6 Å². The number of nitrogens with one attached hydrogen (secondary N) is 2. The van der Waals surface area contributed by atoms with Crippen molar-refractivity contribution in [2.75, 3.05) is 19.8 Å². The van der Waals surface area contributed by atoms with E-state index in [1.807, 2.05) is 0 Å². The highest BCUT2D eigenvalue weighted by molar-refractivity contribution is 7.89. The molecule has 12 heteroatoms. The molecule has 31 heavy (non-hydrogen) atoms. The highest BCUT2D eigenvalue weighted by atomic mass is 32.2. The average Bonchev–Trinajstić information content (AvgIpc) is 3.18. The van der Waals surface area contributed by atoms with Crippen LogP contribution in [0.5, 0.6) is 0 Å². The molecule has 0 fully saturated rings. The van der Waals surface area contributed by atoms with Gasteiger partial charge in [0.1, 0.15) is 5.82 Å². The molecule has 0 radical (unpaired) electrons. The van der Waals surface area contributed by atoms with Crippen LogP contribution in [-0.2, 0) is 31.3 Å². The summed E-state index contributed by atoms with van der Waals surface area (Å²) in [5, 5.41) is -0.147. The Morgan fingerprint density at radius 3 is 2.45 bits per heavy atom. The lowest BCUT2D eigenvalue weighted by molar-refractivity contribution is -0.142. The van der Waals surface area contributed by atoms with Gasteiger partial charge in [-0.3, -0.25) is 9.59 Å². The van der Waals surface area contributed by atoms with Crippen molar-refractivity contribution in [3.63, 3.8) is 0 Å². The van der Waals surface area contributed by atoms with Crippen LogP contribution in [0.25, 0.3) is 0 Å². The Morgan fingerprint density at radius 1 is 1.19 bits per heavy atom. The zero-order valence-electron chi connectivity index (χ0n) is 18.1. The summed E-state index contributed by atoms with van der Waals surface area (Å²) in [4.78, 5) is 43.0. The quantitative estimate of drug-likeness (QED) is 0.398. The summed E-state index contributed by atoms with van der Waals surface area (Å²) in [5.41, 5.74) is 1.32. The number of H-pyrrole nitrogens is 1. The van der Waals surface area contributed by atoms with Gasteiger partial charge in [-0.25, -0.2) is 22.9 Å². The van der Waals surface area contributed by atoms with Crippen LogP contribution < -0.4 is 4.72 Å². The number of ether oxygens (including phenoxy) is 2. The van der Waals surface area contributed by atoms with Crippen molar-refractivity contribution in [3.05, 3.63) is 34.5 Å². The molecule has 0 amide bonds. The van der Waals surface area contributed by atoms with Crippen molar-refractivity contribution < 1.29 is 32.3 Å². The number of carbonyl (C=O) groups excluding carboxylic acids is 3. The molecule has 0 aliphatic heterocycles. The number of aromatic nitrogens is 3. The molecule has 2 heterocycles. The molecule has 0 bridgehead atoms. The Hall–Kier alpha value is -2.99. The third-order valence-electron chi connectivity index (χ3n) is 4.54. The first kappa shape index (κ1) is 24.3. The van der Waals surface area contributed by atoms with E-state index in [4.69, 9.17) is 9.47 Å². The van der Waals surface area contributed by atoms with E-state index < -0.39 is 34.4 Å². The van der Waals surface area contributed by atoms with Crippen LogP contribution in [-0.4, -0.2) is 60.4 Å². The largest absolute Gasteiger partial charge is 0.462 e. The molecule has 0 unspecified atom stereocenters. The van der Waals surface area contributed by atoms with Gasteiger partial charge >= 0.3 is 11.9 Å². The second-order valence-electron chi connectivity index (χ2n) is 6.81. The van der Waals surface area contributed by atoms with Gasteiger partial charge in [0, 0.05) is 25.5 Å². The lowest BCUT2D eigenvalue weighted by Gasteiger charge is -2.06. The first-order chi connectivity index (χ1) is 14.5. The van der Waals surface area contributed by atoms with Gasteiger partial charge in [-0.2, -0.15) is 0 Å². The van der Waals surface area contributed by atoms with E-state index >= 15 is 0 Å². The summed E-state index contributed by atoms with van der Waals surface area (Å²) >= 11 is 0. The summed E-state index contributed by atoms with van der Waals surface area (Å²) in [5.74, 6) is -1.28. The molecule has 0 aromatic carbocycles. The van der Waals surface area contributed by atoms with Crippen molar-refractivity contribution in [3.8, 4) is 0 Å². The Balaban J connectivity index is 1.88. The first-order valence-corrected chi connectivity index (χ1v) is 11.0. The Bertz CT molecular complexity index is 1080. The Morgan fingerprint density at radius 2 is 1.87 bits per heavy atom. The van der Waals surface area contributed by atoms with Crippen molar-refractivity contribution in [1.29, 1.82) is 0 Å². The van der Waals surface area contributed by atoms with Crippen molar-refractivity contribution in [1.82, 2.24) is 19.3 Å². The summed E-state index contributed by atoms with van der Waals surface area (Å²) in [6.45, 7) is 6.02. The Kier molecular flexibility index (Phi) is 7.74. The number of ketones is 1. The monoisotopic (exact) mass is 454 g/mol. The third-order valence-corrected chi connectivity index (χ3v) is 5.87. The fraction of sp³-hybridized carbons (Fsp3) is 0.474. The molecule has 0 aliphatic rings. The minimum atomic E-state index is -3.86. The van der Waals surface area contributed by atoms with Crippen LogP contribution in [0.4, 0.5) is 0 Å². The molecule has 2 N–H and O–H groups in total. The predicted octanol–water partition coefficient (Wildman–Crippen LogP) is 0.945. The van der Waals surface area contributed by atoms with E-state index in [1.165, 1.54) is 6.20 Å². The van der Waals surface area contributed by atoms with Crippen LogP contribution in [0.15, 0.2) is 11.2 Å². The predicted molar refractivity (Wildman–Crippen MR) is 109 cm³/mol. The van der Waals surface area contributed by atoms with E-state index in [0.29, 0.717) is 17.1 Å². The second kappa shape index (κ2) is 9.88. The lowest BCUT2D eigenvalue weighted by atomic mass is 10.1. The van der Waals surface area contributed by atoms with Crippen molar-refractivity contribution >= 4 is 27.7 Å². The van der Waals surface area contributed by atoms with Gasteiger partial charge < -0.3 is 19.0 Å². The first-order valence-electron chi connectivity index (χ1n) is 9.52. The number of sulfonamides is 1. The molecule has 11 nitrogen and oxygen atoms in total. The summed E-state index contributed by atoms with van der Waals surface area (Å²) < 4.78 is 38.1. The zero-order chi connectivity index (χ0) is 23.3. The maximum absolute atomic E-state index is 12.4. The molecule has 0 spiro atoms. The fourth-order valence-electron chi connectivity index (χ4n) is 2.85. The Labute approximate surface area is 180 Å². The smallest absolute Gasteiger partial charge is 0.340 e. The highest BCUT2D eigenvalue weighted by Crippen LogP contribution is 2.19. The number of Topliss-reactive ketones (excluding diaryl/α,β-unsaturated/α-hetero) is 1. The van der Waals surface area contributed by atoms with Gasteiger partial charge in [0.05, 0.1) is 24.3 Å². The van der Waals surface area contributed by atoms with Crippen LogP contribution in [0, 0.1) is 20.8 Å².